The van der Waals surface area contributed by atoms with E-state index in [0.29, 0.717) is 19.8 Å². The van der Waals surface area contributed by atoms with Crippen LogP contribution in [0, 0.1) is 5.82 Å². The highest BCUT2D eigenvalue weighted by Gasteiger charge is 2.45. The number of halogens is 1. The van der Waals surface area contributed by atoms with Crippen LogP contribution in [0.5, 0.6) is 0 Å². The van der Waals surface area contributed by atoms with E-state index in [-0.39, 0.29) is 17.3 Å². The van der Waals surface area contributed by atoms with Crippen molar-refractivity contribution in [3.05, 3.63) is 35.6 Å². The van der Waals surface area contributed by atoms with Crippen LogP contribution in [0.2, 0.25) is 0 Å². The lowest BCUT2D eigenvalue weighted by atomic mass is 10.0. The maximum absolute atomic E-state index is 13.3. The normalized spacial score (nSPS) is 21.4. The van der Waals surface area contributed by atoms with Gasteiger partial charge in [-0.2, -0.15) is 0 Å². The van der Waals surface area contributed by atoms with E-state index in [4.69, 9.17) is 4.74 Å². The third-order valence-electron chi connectivity index (χ3n) is 3.98. The van der Waals surface area contributed by atoms with E-state index in [1.54, 1.807) is 6.07 Å². The summed E-state index contributed by atoms with van der Waals surface area (Å²) in [5, 5.41) is 3.07. The fourth-order valence-electron chi connectivity index (χ4n) is 2.67. The number of morpholine rings is 1. The molecule has 2 fully saturated rings. The molecule has 0 spiro atoms. The van der Waals surface area contributed by atoms with E-state index in [2.05, 4.69) is 10.2 Å². The minimum atomic E-state index is -0.342. The van der Waals surface area contributed by atoms with E-state index in [1.165, 1.54) is 12.1 Å². The van der Waals surface area contributed by atoms with Crippen LogP contribution in [0.4, 0.5) is 4.39 Å². The molecule has 1 aromatic carbocycles. The van der Waals surface area contributed by atoms with Crippen LogP contribution in [-0.4, -0.2) is 43.7 Å². The van der Waals surface area contributed by atoms with E-state index in [9.17, 15) is 9.18 Å². The quantitative estimate of drug-likeness (QED) is 0.901. The minimum absolute atomic E-state index is 0.00802. The Hall–Kier alpha value is -1.46. The Balaban J connectivity index is 1.60. The molecule has 1 heterocycles. The van der Waals surface area contributed by atoms with Gasteiger partial charge in [-0.05, 0) is 30.5 Å². The Morgan fingerprint density at radius 3 is 2.75 bits per heavy atom. The van der Waals surface area contributed by atoms with Crippen LogP contribution in [0.3, 0.4) is 0 Å². The molecule has 2 aliphatic rings. The number of amides is 1. The lowest BCUT2D eigenvalue weighted by Gasteiger charge is -2.27. The van der Waals surface area contributed by atoms with Gasteiger partial charge in [-0.15, -0.1) is 0 Å². The van der Waals surface area contributed by atoms with Crippen LogP contribution >= 0.6 is 0 Å². The van der Waals surface area contributed by atoms with Gasteiger partial charge in [0.2, 0.25) is 5.91 Å². The second-order valence-electron chi connectivity index (χ2n) is 5.53. The Bertz CT molecular complexity index is 496. The van der Waals surface area contributed by atoms with Gasteiger partial charge in [0.1, 0.15) is 5.82 Å². The number of hydrogen-bond acceptors (Lipinski definition) is 3. The molecule has 0 radical (unpaired) electrons. The summed E-state index contributed by atoms with van der Waals surface area (Å²) in [6, 6.07) is 6.51. The number of carbonyl (C=O) groups excluding carboxylic acids is 1. The van der Waals surface area contributed by atoms with Crippen molar-refractivity contribution in [2.24, 2.45) is 0 Å². The molecule has 0 bridgehead atoms. The zero-order valence-electron chi connectivity index (χ0n) is 11.4. The van der Waals surface area contributed by atoms with Crippen molar-refractivity contribution in [3.8, 4) is 0 Å². The highest BCUT2D eigenvalue weighted by molar-refractivity contribution is 5.79. The fraction of sp³-hybridized carbons (Fsp3) is 0.533. The number of carbonyl (C=O) groups is 1. The zero-order chi connectivity index (χ0) is 14.0. The summed E-state index contributed by atoms with van der Waals surface area (Å²) in [7, 11) is 0. The number of hydrogen-bond donors (Lipinski definition) is 1. The molecule has 1 aliphatic carbocycles. The average molecular weight is 278 g/mol. The largest absolute Gasteiger partial charge is 0.379 e. The summed E-state index contributed by atoms with van der Waals surface area (Å²) in [5.74, 6) is -0.245. The maximum Gasteiger partial charge on any atom is 0.234 e. The first-order chi connectivity index (χ1) is 9.68. The van der Waals surface area contributed by atoms with Crippen molar-refractivity contribution in [3.63, 3.8) is 0 Å². The number of ether oxygens (including phenoxy) is 1. The summed E-state index contributed by atoms with van der Waals surface area (Å²) in [6.45, 7) is 3.34. The Kier molecular flexibility index (Phi) is 3.72. The van der Waals surface area contributed by atoms with Gasteiger partial charge in [-0.25, -0.2) is 4.39 Å². The monoisotopic (exact) mass is 278 g/mol. The Morgan fingerprint density at radius 1 is 1.35 bits per heavy atom. The highest BCUT2D eigenvalue weighted by Crippen LogP contribution is 2.45. The van der Waals surface area contributed by atoms with Gasteiger partial charge in [0.05, 0.1) is 25.3 Å². The molecule has 108 valence electrons. The number of nitrogens with one attached hydrogen (secondary N) is 1. The molecule has 1 saturated carbocycles. The Morgan fingerprint density at radius 2 is 2.10 bits per heavy atom. The molecule has 1 N–H and O–H groups in total. The smallest absolute Gasteiger partial charge is 0.234 e. The lowest BCUT2D eigenvalue weighted by Crippen LogP contribution is -2.45. The predicted molar refractivity (Wildman–Crippen MR) is 72.7 cm³/mol. The van der Waals surface area contributed by atoms with Gasteiger partial charge >= 0.3 is 0 Å². The first-order valence-corrected chi connectivity index (χ1v) is 7.05. The molecular weight excluding hydrogens is 259 g/mol. The first kappa shape index (κ1) is 13.5. The number of rotatable bonds is 4. The first-order valence-electron chi connectivity index (χ1n) is 7.05. The highest BCUT2D eigenvalue weighted by atomic mass is 19.1. The van der Waals surface area contributed by atoms with Crippen LogP contribution in [-0.2, 0) is 15.1 Å². The van der Waals surface area contributed by atoms with Crippen LogP contribution in [0.25, 0.3) is 0 Å². The molecule has 4 nitrogen and oxygen atoms in total. The molecular formula is C15H19FN2O2. The van der Waals surface area contributed by atoms with Gasteiger partial charge in [0.15, 0.2) is 0 Å². The van der Waals surface area contributed by atoms with Gasteiger partial charge in [0.25, 0.3) is 0 Å². The standard InChI is InChI=1S/C15H19FN2O2/c16-13-3-1-2-12(10-13)15(4-5-15)17-14(19)11-18-6-8-20-9-7-18/h1-3,10H,4-9,11H2,(H,17,19). The number of benzene rings is 1. The van der Waals surface area contributed by atoms with E-state index >= 15 is 0 Å². The van der Waals surface area contributed by atoms with Crippen LogP contribution in [0.15, 0.2) is 24.3 Å². The van der Waals surface area contributed by atoms with E-state index < -0.39 is 0 Å². The average Bonchev–Trinajstić information content (AvgIpc) is 3.20. The van der Waals surface area contributed by atoms with Crippen molar-refractivity contribution in [2.75, 3.05) is 32.8 Å². The second-order valence-corrected chi connectivity index (χ2v) is 5.53. The van der Waals surface area contributed by atoms with Crippen molar-refractivity contribution < 1.29 is 13.9 Å². The number of nitrogens with zero attached hydrogens (tertiary/aromatic N) is 1. The maximum atomic E-state index is 13.3. The van der Waals surface area contributed by atoms with Crippen molar-refractivity contribution in [1.29, 1.82) is 0 Å². The minimum Gasteiger partial charge on any atom is -0.379 e. The summed E-state index contributed by atoms with van der Waals surface area (Å²) >= 11 is 0. The molecule has 0 aromatic heterocycles. The van der Waals surface area contributed by atoms with Crippen molar-refractivity contribution >= 4 is 5.91 Å². The van der Waals surface area contributed by atoms with Gasteiger partial charge in [-0.1, -0.05) is 12.1 Å². The van der Waals surface area contributed by atoms with E-state index in [0.717, 1.165) is 31.5 Å². The zero-order valence-corrected chi connectivity index (χ0v) is 11.4. The fourth-order valence-corrected chi connectivity index (χ4v) is 2.67. The Labute approximate surface area is 117 Å². The summed E-state index contributed by atoms with van der Waals surface area (Å²) in [5.41, 5.74) is 0.527. The molecule has 0 atom stereocenters. The molecule has 5 heteroatoms. The third-order valence-corrected chi connectivity index (χ3v) is 3.98. The van der Waals surface area contributed by atoms with Crippen LogP contribution in [0.1, 0.15) is 18.4 Å². The summed E-state index contributed by atoms with van der Waals surface area (Å²) in [4.78, 5) is 14.2. The molecule has 1 aromatic rings. The van der Waals surface area contributed by atoms with Gasteiger partial charge < -0.3 is 10.1 Å². The second kappa shape index (κ2) is 5.50. The van der Waals surface area contributed by atoms with Gasteiger partial charge in [-0.3, -0.25) is 9.69 Å². The molecule has 20 heavy (non-hydrogen) atoms. The topological polar surface area (TPSA) is 41.6 Å². The predicted octanol–water partition coefficient (Wildman–Crippen LogP) is 1.26. The van der Waals surface area contributed by atoms with Gasteiger partial charge in [0, 0.05) is 13.1 Å². The molecule has 1 saturated heterocycles. The molecule has 0 unspecified atom stereocenters. The van der Waals surface area contributed by atoms with Crippen LogP contribution < -0.4 is 5.32 Å². The molecule has 3 rings (SSSR count). The summed E-state index contributed by atoms with van der Waals surface area (Å²) < 4.78 is 18.6. The molecule has 1 aliphatic heterocycles. The molecule has 1 amide bonds. The van der Waals surface area contributed by atoms with Crippen molar-refractivity contribution in [2.45, 2.75) is 18.4 Å². The SMILES string of the molecule is O=C(CN1CCOCC1)NC1(c2cccc(F)c2)CC1. The lowest BCUT2D eigenvalue weighted by molar-refractivity contribution is -0.124. The third kappa shape index (κ3) is 2.99. The van der Waals surface area contributed by atoms with E-state index in [1.807, 2.05) is 6.07 Å². The summed E-state index contributed by atoms with van der Waals surface area (Å²) in [6.07, 6.45) is 1.76. The van der Waals surface area contributed by atoms with Crippen molar-refractivity contribution in [1.82, 2.24) is 10.2 Å².